The molecular weight excluding hydrogens is 299 g/mol. The first kappa shape index (κ1) is 13.8. The fraction of sp³-hybridized carbons (Fsp3) is 0.538. The summed E-state index contributed by atoms with van der Waals surface area (Å²) in [6.45, 7) is 4.41. The zero-order chi connectivity index (χ0) is 13.0. The second kappa shape index (κ2) is 6.50. The van der Waals surface area contributed by atoms with E-state index in [-0.39, 0.29) is 11.9 Å². The monoisotopic (exact) mass is 316 g/mol. The number of β-amino-alcohol motifs (C(OH)–C–C–N with tert-alkyl or cyclic N) is 1. The molecule has 0 aliphatic carbocycles. The van der Waals surface area contributed by atoms with Crippen LogP contribution in [0.4, 0.5) is 10.1 Å². The maximum absolute atomic E-state index is 12.8. The van der Waals surface area contributed by atoms with E-state index in [4.69, 9.17) is 0 Å². The predicted octanol–water partition coefficient (Wildman–Crippen LogP) is 1.70. The minimum absolute atomic E-state index is 0.196. The molecule has 0 spiro atoms. The number of rotatable bonds is 4. The summed E-state index contributed by atoms with van der Waals surface area (Å²) in [4.78, 5) is 4.50. The molecule has 1 unspecified atom stereocenters. The van der Waals surface area contributed by atoms with Crippen molar-refractivity contribution in [1.82, 2.24) is 4.90 Å². The van der Waals surface area contributed by atoms with Gasteiger partial charge in [-0.2, -0.15) is 0 Å². The van der Waals surface area contributed by atoms with Crippen molar-refractivity contribution in [1.29, 1.82) is 0 Å². The highest BCUT2D eigenvalue weighted by atomic mass is 79.9. The van der Waals surface area contributed by atoms with Crippen LogP contribution >= 0.6 is 15.9 Å². The molecule has 1 heterocycles. The summed E-state index contributed by atoms with van der Waals surface area (Å²) in [7, 11) is 0. The van der Waals surface area contributed by atoms with Gasteiger partial charge < -0.3 is 10.0 Å². The Bertz CT molecular complexity index is 366. The molecule has 1 N–H and O–H groups in total. The molecule has 100 valence electrons. The summed E-state index contributed by atoms with van der Waals surface area (Å²) in [5, 5.41) is 10.2. The molecule has 1 aliphatic heterocycles. The van der Waals surface area contributed by atoms with E-state index < -0.39 is 0 Å². The molecule has 1 atom stereocenters. The smallest absolute Gasteiger partial charge is 0.123 e. The van der Waals surface area contributed by atoms with E-state index in [1.54, 1.807) is 0 Å². The van der Waals surface area contributed by atoms with Gasteiger partial charge in [-0.15, -0.1) is 0 Å². The summed E-state index contributed by atoms with van der Waals surface area (Å²) in [6.07, 6.45) is -0.303. The summed E-state index contributed by atoms with van der Waals surface area (Å²) >= 11 is 3.27. The van der Waals surface area contributed by atoms with Gasteiger partial charge in [-0.1, -0.05) is 15.9 Å². The van der Waals surface area contributed by atoms with Gasteiger partial charge in [0.25, 0.3) is 0 Å². The number of alkyl halides is 1. The minimum Gasteiger partial charge on any atom is -0.391 e. The van der Waals surface area contributed by atoms with Crippen molar-refractivity contribution in [2.75, 3.05) is 43.0 Å². The molecular formula is C13H18BrFN2O. The lowest BCUT2D eigenvalue weighted by Crippen LogP contribution is -2.48. The third-order valence-electron chi connectivity index (χ3n) is 3.21. The molecule has 5 heteroatoms. The van der Waals surface area contributed by atoms with Crippen LogP contribution < -0.4 is 4.90 Å². The van der Waals surface area contributed by atoms with Crippen molar-refractivity contribution in [2.24, 2.45) is 0 Å². The Balaban J connectivity index is 1.84. The van der Waals surface area contributed by atoms with E-state index in [9.17, 15) is 9.50 Å². The van der Waals surface area contributed by atoms with E-state index >= 15 is 0 Å². The Morgan fingerprint density at radius 3 is 2.33 bits per heavy atom. The zero-order valence-corrected chi connectivity index (χ0v) is 11.8. The first-order valence-corrected chi connectivity index (χ1v) is 7.28. The molecule has 1 fully saturated rings. The van der Waals surface area contributed by atoms with E-state index in [1.165, 1.54) is 12.1 Å². The molecule has 0 amide bonds. The standard InChI is InChI=1S/C13H18BrFN2O/c14-9-13(18)10-16-5-7-17(8-6-16)12-3-1-11(15)2-4-12/h1-4,13,18H,5-10H2. The van der Waals surface area contributed by atoms with Crippen molar-refractivity contribution in [2.45, 2.75) is 6.10 Å². The molecule has 1 aromatic rings. The maximum Gasteiger partial charge on any atom is 0.123 e. The lowest BCUT2D eigenvalue weighted by molar-refractivity contribution is 0.127. The number of nitrogens with zero attached hydrogens (tertiary/aromatic N) is 2. The summed E-state index contributed by atoms with van der Waals surface area (Å²) in [6, 6.07) is 6.63. The number of benzene rings is 1. The number of piperazine rings is 1. The van der Waals surface area contributed by atoms with Crippen molar-refractivity contribution < 1.29 is 9.50 Å². The zero-order valence-electron chi connectivity index (χ0n) is 10.2. The molecule has 0 bridgehead atoms. The minimum atomic E-state index is -0.303. The van der Waals surface area contributed by atoms with Gasteiger partial charge in [-0.3, -0.25) is 4.90 Å². The number of hydrogen-bond donors (Lipinski definition) is 1. The third kappa shape index (κ3) is 3.67. The fourth-order valence-electron chi connectivity index (χ4n) is 2.19. The Morgan fingerprint density at radius 2 is 1.78 bits per heavy atom. The summed E-state index contributed by atoms with van der Waals surface area (Å²) < 4.78 is 12.8. The SMILES string of the molecule is OC(CBr)CN1CCN(c2ccc(F)cc2)CC1. The Hall–Kier alpha value is -0.650. The molecule has 3 nitrogen and oxygen atoms in total. The lowest BCUT2D eigenvalue weighted by Gasteiger charge is -2.36. The van der Waals surface area contributed by atoms with Crippen LogP contribution in [-0.4, -0.2) is 54.2 Å². The molecule has 2 rings (SSSR count). The Morgan fingerprint density at radius 1 is 1.17 bits per heavy atom. The van der Waals surface area contributed by atoms with Crippen LogP contribution in [0.5, 0.6) is 0 Å². The van der Waals surface area contributed by atoms with Gasteiger partial charge >= 0.3 is 0 Å². The van der Waals surface area contributed by atoms with Crippen LogP contribution in [0, 0.1) is 5.82 Å². The third-order valence-corrected chi connectivity index (χ3v) is 3.96. The molecule has 0 radical (unpaired) electrons. The van der Waals surface area contributed by atoms with Crippen molar-refractivity contribution in [3.63, 3.8) is 0 Å². The molecule has 1 saturated heterocycles. The second-order valence-electron chi connectivity index (χ2n) is 4.57. The molecule has 18 heavy (non-hydrogen) atoms. The van der Waals surface area contributed by atoms with Gasteiger partial charge in [0.1, 0.15) is 5.82 Å². The molecule has 0 aromatic heterocycles. The van der Waals surface area contributed by atoms with Crippen LogP contribution in [0.25, 0.3) is 0 Å². The Kier molecular flexibility index (Phi) is 4.97. The van der Waals surface area contributed by atoms with Gasteiger partial charge in [0.2, 0.25) is 0 Å². The first-order chi connectivity index (χ1) is 8.69. The molecule has 1 aromatic carbocycles. The number of anilines is 1. The molecule has 1 aliphatic rings. The normalized spacial score (nSPS) is 18.9. The van der Waals surface area contributed by atoms with Crippen molar-refractivity contribution in [3.8, 4) is 0 Å². The van der Waals surface area contributed by atoms with Gasteiger partial charge in [0.05, 0.1) is 6.10 Å². The van der Waals surface area contributed by atoms with E-state index in [2.05, 4.69) is 25.7 Å². The number of aliphatic hydroxyl groups excluding tert-OH is 1. The number of aliphatic hydroxyl groups is 1. The maximum atomic E-state index is 12.8. The second-order valence-corrected chi connectivity index (χ2v) is 5.22. The highest BCUT2D eigenvalue weighted by molar-refractivity contribution is 9.09. The van der Waals surface area contributed by atoms with E-state index in [1.807, 2.05) is 12.1 Å². The summed E-state index contributed by atoms with van der Waals surface area (Å²) in [5.41, 5.74) is 1.07. The van der Waals surface area contributed by atoms with E-state index in [0.29, 0.717) is 11.9 Å². The van der Waals surface area contributed by atoms with Crippen molar-refractivity contribution in [3.05, 3.63) is 30.1 Å². The first-order valence-electron chi connectivity index (χ1n) is 6.16. The van der Waals surface area contributed by atoms with Crippen LogP contribution in [0.15, 0.2) is 24.3 Å². The number of halogens is 2. The Labute approximate surface area is 115 Å². The van der Waals surface area contributed by atoms with E-state index in [0.717, 1.165) is 31.9 Å². The number of hydrogen-bond acceptors (Lipinski definition) is 3. The van der Waals surface area contributed by atoms with Gasteiger partial charge in [-0.25, -0.2) is 4.39 Å². The highest BCUT2D eigenvalue weighted by Gasteiger charge is 2.18. The van der Waals surface area contributed by atoms with Crippen molar-refractivity contribution >= 4 is 21.6 Å². The van der Waals surface area contributed by atoms with Gasteiger partial charge in [-0.05, 0) is 24.3 Å². The van der Waals surface area contributed by atoms with Gasteiger partial charge in [0.15, 0.2) is 0 Å². The summed E-state index contributed by atoms with van der Waals surface area (Å²) in [5.74, 6) is -0.196. The topological polar surface area (TPSA) is 26.7 Å². The van der Waals surface area contributed by atoms with Gasteiger partial charge in [0, 0.05) is 43.7 Å². The lowest BCUT2D eigenvalue weighted by atomic mass is 10.2. The fourth-order valence-corrected chi connectivity index (χ4v) is 2.39. The average Bonchev–Trinajstić information content (AvgIpc) is 2.40. The largest absolute Gasteiger partial charge is 0.391 e. The van der Waals surface area contributed by atoms with Crippen LogP contribution in [0.2, 0.25) is 0 Å². The predicted molar refractivity (Wildman–Crippen MR) is 74.9 cm³/mol. The molecule has 0 saturated carbocycles. The highest BCUT2D eigenvalue weighted by Crippen LogP contribution is 2.16. The van der Waals surface area contributed by atoms with Crippen LogP contribution in [0.1, 0.15) is 0 Å². The average molecular weight is 317 g/mol. The quantitative estimate of drug-likeness (QED) is 0.857. The van der Waals surface area contributed by atoms with Crippen LogP contribution in [0.3, 0.4) is 0 Å². The van der Waals surface area contributed by atoms with Crippen LogP contribution in [-0.2, 0) is 0 Å².